The van der Waals surface area contributed by atoms with Crippen molar-refractivity contribution in [3.05, 3.63) is 29.8 Å². The van der Waals surface area contributed by atoms with E-state index in [4.69, 9.17) is 10.5 Å². The van der Waals surface area contributed by atoms with Gasteiger partial charge in [-0.25, -0.2) is 0 Å². The number of amides is 1. The molecular weight excluding hydrogens is 216 g/mol. The van der Waals surface area contributed by atoms with Gasteiger partial charge in [0.05, 0.1) is 6.61 Å². The number of anilines is 1. The molecule has 0 aromatic heterocycles. The van der Waals surface area contributed by atoms with Crippen molar-refractivity contribution in [2.45, 2.75) is 25.4 Å². The van der Waals surface area contributed by atoms with Crippen LogP contribution in [-0.2, 0) is 16.0 Å². The predicted octanol–water partition coefficient (Wildman–Crippen LogP) is 0.938. The summed E-state index contributed by atoms with van der Waals surface area (Å²) in [4.78, 5) is 14.0. The summed E-state index contributed by atoms with van der Waals surface area (Å²) >= 11 is 0. The molecule has 1 amide bonds. The van der Waals surface area contributed by atoms with Crippen LogP contribution in [0.15, 0.2) is 24.3 Å². The molecule has 0 spiro atoms. The Morgan fingerprint density at radius 3 is 3.00 bits per heavy atom. The van der Waals surface area contributed by atoms with E-state index in [1.165, 1.54) is 5.56 Å². The van der Waals surface area contributed by atoms with Crippen molar-refractivity contribution in [1.29, 1.82) is 0 Å². The minimum atomic E-state index is -0.589. The van der Waals surface area contributed by atoms with Gasteiger partial charge in [-0.1, -0.05) is 18.2 Å². The predicted molar refractivity (Wildman–Crippen MR) is 66.9 cm³/mol. The highest BCUT2D eigenvalue weighted by atomic mass is 16.5. The standard InChI is InChI=1S/C13H18N2O2/c1-9-7-10-5-3-4-6-12(10)15(9)13(16)11(14)8-17-2/h3-6,9,11H,7-8,14H2,1-2H3. The van der Waals surface area contributed by atoms with Gasteiger partial charge in [0.15, 0.2) is 0 Å². The van der Waals surface area contributed by atoms with Crippen LogP contribution in [0.2, 0.25) is 0 Å². The van der Waals surface area contributed by atoms with Gasteiger partial charge in [-0.2, -0.15) is 0 Å². The number of hydrogen-bond donors (Lipinski definition) is 1. The van der Waals surface area contributed by atoms with Gasteiger partial charge < -0.3 is 15.4 Å². The first-order valence-electron chi connectivity index (χ1n) is 5.80. The molecular formula is C13H18N2O2. The first-order valence-corrected chi connectivity index (χ1v) is 5.80. The Balaban J connectivity index is 2.24. The van der Waals surface area contributed by atoms with Crippen LogP contribution in [0, 0.1) is 0 Å². The van der Waals surface area contributed by atoms with Crippen LogP contribution in [0.5, 0.6) is 0 Å². The smallest absolute Gasteiger partial charge is 0.246 e. The van der Waals surface area contributed by atoms with E-state index in [-0.39, 0.29) is 18.6 Å². The molecule has 2 unspecified atom stereocenters. The number of rotatable bonds is 3. The lowest BCUT2D eigenvalue weighted by atomic mass is 10.1. The number of fused-ring (bicyclic) bond motifs is 1. The van der Waals surface area contributed by atoms with Gasteiger partial charge in [-0.3, -0.25) is 4.79 Å². The van der Waals surface area contributed by atoms with Crippen LogP contribution in [0.1, 0.15) is 12.5 Å². The van der Waals surface area contributed by atoms with Crippen molar-refractivity contribution in [3.63, 3.8) is 0 Å². The monoisotopic (exact) mass is 234 g/mol. The fourth-order valence-electron chi connectivity index (χ4n) is 2.33. The van der Waals surface area contributed by atoms with Crippen LogP contribution < -0.4 is 10.6 Å². The van der Waals surface area contributed by atoms with Crippen molar-refractivity contribution in [1.82, 2.24) is 0 Å². The third-order valence-corrected chi connectivity index (χ3v) is 3.11. The normalized spacial score (nSPS) is 20.2. The maximum Gasteiger partial charge on any atom is 0.246 e. The Morgan fingerprint density at radius 2 is 2.29 bits per heavy atom. The lowest BCUT2D eigenvalue weighted by molar-refractivity contribution is -0.121. The van der Waals surface area contributed by atoms with Crippen molar-refractivity contribution < 1.29 is 9.53 Å². The molecule has 2 N–H and O–H groups in total. The number of ether oxygens (including phenoxy) is 1. The van der Waals surface area contributed by atoms with Gasteiger partial charge in [0.1, 0.15) is 6.04 Å². The van der Waals surface area contributed by atoms with E-state index in [9.17, 15) is 4.79 Å². The quantitative estimate of drug-likeness (QED) is 0.846. The summed E-state index contributed by atoms with van der Waals surface area (Å²) in [5.74, 6) is -0.0655. The molecule has 4 nitrogen and oxygen atoms in total. The molecule has 0 aliphatic carbocycles. The van der Waals surface area contributed by atoms with Crippen molar-refractivity contribution >= 4 is 11.6 Å². The average Bonchev–Trinajstić information content (AvgIpc) is 2.64. The van der Waals surface area contributed by atoms with E-state index in [1.54, 1.807) is 12.0 Å². The Kier molecular flexibility index (Phi) is 3.45. The number of nitrogens with two attached hydrogens (primary N) is 1. The summed E-state index contributed by atoms with van der Waals surface area (Å²) in [5.41, 5.74) is 8.00. The third-order valence-electron chi connectivity index (χ3n) is 3.11. The van der Waals surface area contributed by atoms with Gasteiger partial charge in [0.2, 0.25) is 5.91 Å². The molecule has 1 aliphatic rings. The zero-order chi connectivity index (χ0) is 12.4. The van der Waals surface area contributed by atoms with Gasteiger partial charge in [-0.15, -0.1) is 0 Å². The van der Waals surface area contributed by atoms with Crippen LogP contribution in [-0.4, -0.2) is 31.7 Å². The molecule has 1 aromatic rings. The molecule has 1 heterocycles. The lowest BCUT2D eigenvalue weighted by Crippen LogP contribution is -2.48. The molecule has 1 aliphatic heterocycles. The maximum absolute atomic E-state index is 12.2. The van der Waals surface area contributed by atoms with Crippen LogP contribution in [0.4, 0.5) is 5.69 Å². The molecule has 2 atom stereocenters. The van der Waals surface area contributed by atoms with Crippen molar-refractivity contribution in [3.8, 4) is 0 Å². The molecule has 0 radical (unpaired) electrons. The molecule has 0 fully saturated rings. The Bertz CT molecular complexity index is 420. The van der Waals surface area contributed by atoms with E-state index < -0.39 is 6.04 Å². The Labute approximate surface area is 101 Å². The summed E-state index contributed by atoms with van der Waals surface area (Å²) in [6.07, 6.45) is 0.890. The lowest BCUT2D eigenvalue weighted by Gasteiger charge is -2.25. The van der Waals surface area contributed by atoms with Gasteiger partial charge in [0.25, 0.3) is 0 Å². The SMILES string of the molecule is COCC(N)C(=O)N1c2ccccc2CC1C. The van der Waals surface area contributed by atoms with Crippen molar-refractivity contribution in [2.75, 3.05) is 18.6 Å². The highest BCUT2D eigenvalue weighted by Crippen LogP contribution is 2.32. The van der Waals surface area contributed by atoms with Gasteiger partial charge in [0, 0.05) is 18.8 Å². The number of hydrogen-bond acceptors (Lipinski definition) is 3. The van der Waals surface area contributed by atoms with E-state index in [2.05, 4.69) is 6.07 Å². The van der Waals surface area contributed by atoms with E-state index in [0.29, 0.717) is 0 Å². The number of carbonyl (C=O) groups is 1. The number of carbonyl (C=O) groups excluding carboxylic acids is 1. The minimum absolute atomic E-state index is 0.0655. The Morgan fingerprint density at radius 1 is 1.59 bits per heavy atom. The first kappa shape index (κ1) is 12.1. The van der Waals surface area contributed by atoms with E-state index in [0.717, 1.165) is 12.1 Å². The van der Waals surface area contributed by atoms with E-state index >= 15 is 0 Å². The maximum atomic E-state index is 12.2. The zero-order valence-electron chi connectivity index (χ0n) is 10.2. The second kappa shape index (κ2) is 4.85. The van der Waals surface area contributed by atoms with Crippen LogP contribution in [0.25, 0.3) is 0 Å². The molecule has 2 rings (SSSR count). The highest BCUT2D eigenvalue weighted by molar-refractivity contribution is 5.99. The molecule has 0 saturated heterocycles. The number of methoxy groups -OCH3 is 1. The van der Waals surface area contributed by atoms with Gasteiger partial charge >= 0.3 is 0 Å². The second-order valence-corrected chi connectivity index (χ2v) is 4.45. The molecule has 1 aromatic carbocycles. The Hall–Kier alpha value is -1.39. The molecule has 4 heteroatoms. The molecule has 0 bridgehead atoms. The molecule has 17 heavy (non-hydrogen) atoms. The first-order chi connectivity index (χ1) is 8.15. The summed E-state index contributed by atoms with van der Waals surface area (Å²) in [7, 11) is 1.55. The molecule has 0 saturated carbocycles. The van der Waals surface area contributed by atoms with E-state index in [1.807, 2.05) is 25.1 Å². The summed E-state index contributed by atoms with van der Waals surface area (Å²) in [6, 6.07) is 7.54. The second-order valence-electron chi connectivity index (χ2n) is 4.45. The van der Waals surface area contributed by atoms with Gasteiger partial charge in [-0.05, 0) is 25.0 Å². The highest BCUT2D eigenvalue weighted by Gasteiger charge is 2.33. The summed E-state index contributed by atoms with van der Waals surface area (Å²) < 4.78 is 4.94. The average molecular weight is 234 g/mol. The fraction of sp³-hybridized carbons (Fsp3) is 0.462. The number of benzene rings is 1. The topological polar surface area (TPSA) is 55.6 Å². The summed E-state index contributed by atoms with van der Waals surface area (Å²) in [5, 5.41) is 0. The van der Waals surface area contributed by atoms with Crippen LogP contribution >= 0.6 is 0 Å². The third kappa shape index (κ3) is 2.18. The summed E-state index contributed by atoms with van der Waals surface area (Å²) in [6.45, 7) is 2.29. The number of nitrogens with zero attached hydrogens (tertiary/aromatic N) is 1. The molecule has 92 valence electrons. The fourth-order valence-corrected chi connectivity index (χ4v) is 2.33. The number of para-hydroxylation sites is 1. The zero-order valence-corrected chi connectivity index (χ0v) is 10.2. The van der Waals surface area contributed by atoms with Crippen LogP contribution in [0.3, 0.4) is 0 Å². The minimum Gasteiger partial charge on any atom is -0.383 e. The van der Waals surface area contributed by atoms with Crippen molar-refractivity contribution in [2.24, 2.45) is 5.73 Å². The largest absolute Gasteiger partial charge is 0.383 e.